The first-order valence-electron chi connectivity index (χ1n) is 5.88. The number of nitrogens with one attached hydrogen (secondary N) is 1. The van der Waals surface area contributed by atoms with E-state index in [2.05, 4.69) is 28.2 Å². The first kappa shape index (κ1) is 13.0. The number of hydrogen-bond acceptors (Lipinski definition) is 2. The van der Waals surface area contributed by atoms with E-state index in [4.69, 9.17) is 4.74 Å². The normalized spacial score (nSPS) is 24.9. The molecule has 0 amide bonds. The molecule has 2 rings (SSSR count). The standard InChI is InChI=1S/C13H17BrFNO/c1-13(6-3-7-16-9-13)17-8-10-4-2-5-11(15)12(10)14/h2,4-5,16H,3,6-9H2,1H3. The minimum absolute atomic E-state index is 0.135. The van der Waals surface area contributed by atoms with E-state index in [1.54, 1.807) is 6.07 Å². The van der Waals surface area contributed by atoms with E-state index >= 15 is 0 Å². The van der Waals surface area contributed by atoms with Crippen LogP contribution in [0, 0.1) is 5.82 Å². The number of halogens is 2. The summed E-state index contributed by atoms with van der Waals surface area (Å²) in [6.07, 6.45) is 2.17. The highest BCUT2D eigenvalue weighted by Crippen LogP contribution is 2.25. The van der Waals surface area contributed by atoms with Crippen molar-refractivity contribution in [2.24, 2.45) is 0 Å². The molecule has 4 heteroatoms. The first-order valence-corrected chi connectivity index (χ1v) is 6.68. The molecular formula is C13H17BrFNO. The van der Waals surface area contributed by atoms with Gasteiger partial charge in [0.1, 0.15) is 5.82 Å². The molecule has 0 saturated carbocycles. The lowest BCUT2D eigenvalue weighted by Crippen LogP contribution is -2.45. The van der Waals surface area contributed by atoms with Crippen LogP contribution in [0.5, 0.6) is 0 Å². The van der Waals surface area contributed by atoms with Crippen LogP contribution in [0.4, 0.5) is 4.39 Å². The second-order valence-electron chi connectivity index (χ2n) is 4.73. The lowest BCUT2D eigenvalue weighted by molar-refractivity contribution is -0.0574. The minimum Gasteiger partial charge on any atom is -0.369 e. The van der Waals surface area contributed by atoms with Gasteiger partial charge in [-0.25, -0.2) is 4.39 Å². The fourth-order valence-electron chi connectivity index (χ4n) is 2.06. The van der Waals surface area contributed by atoms with Gasteiger partial charge in [-0.3, -0.25) is 0 Å². The molecule has 17 heavy (non-hydrogen) atoms. The fourth-order valence-corrected chi connectivity index (χ4v) is 2.44. The van der Waals surface area contributed by atoms with Crippen LogP contribution in [0.2, 0.25) is 0 Å². The van der Waals surface area contributed by atoms with Crippen LogP contribution in [0.15, 0.2) is 22.7 Å². The largest absolute Gasteiger partial charge is 0.369 e. The van der Waals surface area contributed by atoms with Gasteiger partial charge >= 0.3 is 0 Å². The average molecular weight is 302 g/mol. The summed E-state index contributed by atoms with van der Waals surface area (Å²) in [5.74, 6) is -0.238. The third-order valence-corrected chi connectivity index (χ3v) is 4.05. The zero-order valence-corrected chi connectivity index (χ0v) is 11.5. The quantitative estimate of drug-likeness (QED) is 0.925. The molecule has 1 N–H and O–H groups in total. The van der Waals surface area contributed by atoms with Crippen molar-refractivity contribution in [1.82, 2.24) is 5.32 Å². The van der Waals surface area contributed by atoms with Gasteiger partial charge in [-0.05, 0) is 53.9 Å². The Morgan fingerprint density at radius 3 is 3.06 bits per heavy atom. The monoisotopic (exact) mass is 301 g/mol. The van der Waals surface area contributed by atoms with Crippen molar-refractivity contribution in [2.75, 3.05) is 13.1 Å². The molecule has 1 aliphatic heterocycles. The second-order valence-corrected chi connectivity index (χ2v) is 5.52. The summed E-state index contributed by atoms with van der Waals surface area (Å²) >= 11 is 3.25. The highest BCUT2D eigenvalue weighted by Gasteiger charge is 2.27. The summed E-state index contributed by atoms with van der Waals surface area (Å²) in [6.45, 7) is 4.46. The third kappa shape index (κ3) is 3.27. The van der Waals surface area contributed by atoms with E-state index < -0.39 is 0 Å². The number of benzene rings is 1. The van der Waals surface area contributed by atoms with Gasteiger partial charge in [-0.15, -0.1) is 0 Å². The Labute approximate surface area is 110 Å². The Bertz CT molecular complexity index is 391. The smallest absolute Gasteiger partial charge is 0.137 e. The molecule has 0 spiro atoms. The van der Waals surface area contributed by atoms with Gasteiger partial charge in [0.2, 0.25) is 0 Å². The number of piperidine rings is 1. The summed E-state index contributed by atoms with van der Waals surface area (Å²) < 4.78 is 19.8. The molecule has 1 fully saturated rings. The van der Waals surface area contributed by atoms with E-state index in [0.717, 1.165) is 31.5 Å². The van der Waals surface area contributed by atoms with Crippen LogP contribution >= 0.6 is 15.9 Å². The third-order valence-electron chi connectivity index (χ3n) is 3.17. The molecule has 0 aromatic heterocycles. The summed E-state index contributed by atoms with van der Waals surface area (Å²) in [5, 5.41) is 3.33. The molecular weight excluding hydrogens is 285 g/mol. The number of rotatable bonds is 3. The van der Waals surface area contributed by atoms with Crippen molar-refractivity contribution < 1.29 is 9.13 Å². The van der Waals surface area contributed by atoms with Gasteiger partial charge in [-0.2, -0.15) is 0 Å². The molecule has 0 aliphatic carbocycles. The van der Waals surface area contributed by atoms with Gasteiger partial charge < -0.3 is 10.1 Å². The van der Waals surface area contributed by atoms with Crippen molar-refractivity contribution in [3.8, 4) is 0 Å². The van der Waals surface area contributed by atoms with Crippen LogP contribution in [0.1, 0.15) is 25.3 Å². The molecule has 1 aliphatic rings. The van der Waals surface area contributed by atoms with Crippen molar-refractivity contribution in [2.45, 2.75) is 32.0 Å². The SMILES string of the molecule is CC1(OCc2cccc(F)c2Br)CCCNC1. The predicted molar refractivity (Wildman–Crippen MR) is 69.4 cm³/mol. The first-order chi connectivity index (χ1) is 8.11. The Hall–Kier alpha value is -0.450. The lowest BCUT2D eigenvalue weighted by atomic mass is 9.96. The zero-order valence-electron chi connectivity index (χ0n) is 9.93. The van der Waals surface area contributed by atoms with Crippen LogP contribution in [0.25, 0.3) is 0 Å². The average Bonchev–Trinajstić information content (AvgIpc) is 2.32. The zero-order chi connectivity index (χ0) is 12.3. The maximum absolute atomic E-state index is 13.3. The van der Waals surface area contributed by atoms with E-state index in [-0.39, 0.29) is 11.4 Å². The fraction of sp³-hybridized carbons (Fsp3) is 0.538. The van der Waals surface area contributed by atoms with E-state index in [1.165, 1.54) is 6.07 Å². The number of hydrogen-bond donors (Lipinski definition) is 1. The van der Waals surface area contributed by atoms with Crippen LogP contribution in [0.3, 0.4) is 0 Å². The Kier molecular flexibility index (Phi) is 4.17. The molecule has 1 saturated heterocycles. The summed E-state index contributed by atoms with van der Waals surface area (Å²) in [4.78, 5) is 0. The Balaban J connectivity index is 1.99. The Morgan fingerprint density at radius 1 is 1.53 bits per heavy atom. The molecule has 1 heterocycles. The van der Waals surface area contributed by atoms with Crippen LogP contribution in [-0.2, 0) is 11.3 Å². The Morgan fingerprint density at radius 2 is 2.35 bits per heavy atom. The number of ether oxygens (including phenoxy) is 1. The maximum Gasteiger partial charge on any atom is 0.137 e. The molecule has 0 radical (unpaired) electrons. The van der Waals surface area contributed by atoms with Crippen molar-refractivity contribution in [1.29, 1.82) is 0 Å². The minimum atomic E-state index is -0.238. The van der Waals surface area contributed by atoms with E-state index in [9.17, 15) is 4.39 Å². The van der Waals surface area contributed by atoms with Crippen LogP contribution in [-0.4, -0.2) is 18.7 Å². The van der Waals surface area contributed by atoms with Gasteiger partial charge in [-0.1, -0.05) is 12.1 Å². The topological polar surface area (TPSA) is 21.3 Å². The maximum atomic E-state index is 13.3. The molecule has 2 nitrogen and oxygen atoms in total. The van der Waals surface area contributed by atoms with Gasteiger partial charge in [0.15, 0.2) is 0 Å². The molecule has 94 valence electrons. The van der Waals surface area contributed by atoms with Crippen molar-refractivity contribution in [3.05, 3.63) is 34.1 Å². The molecule has 0 bridgehead atoms. The summed E-state index contributed by atoms with van der Waals surface area (Å²) in [5.41, 5.74) is 0.723. The van der Waals surface area contributed by atoms with Gasteiger partial charge in [0, 0.05) is 6.54 Å². The molecule has 1 unspecified atom stereocenters. The summed E-state index contributed by atoms with van der Waals surface area (Å²) in [6, 6.07) is 5.03. The van der Waals surface area contributed by atoms with Crippen molar-refractivity contribution >= 4 is 15.9 Å². The summed E-state index contributed by atoms with van der Waals surface area (Å²) in [7, 11) is 0. The molecule has 1 aromatic rings. The molecule has 1 atom stereocenters. The van der Waals surface area contributed by atoms with E-state index in [0.29, 0.717) is 11.1 Å². The highest BCUT2D eigenvalue weighted by molar-refractivity contribution is 9.10. The van der Waals surface area contributed by atoms with E-state index in [1.807, 2.05) is 6.07 Å². The lowest BCUT2D eigenvalue weighted by Gasteiger charge is -2.34. The highest BCUT2D eigenvalue weighted by atomic mass is 79.9. The van der Waals surface area contributed by atoms with Crippen LogP contribution < -0.4 is 5.32 Å². The molecule has 1 aromatic carbocycles. The van der Waals surface area contributed by atoms with Gasteiger partial charge in [0.25, 0.3) is 0 Å². The predicted octanol–water partition coefficient (Wildman–Crippen LogP) is 3.25. The van der Waals surface area contributed by atoms with Crippen molar-refractivity contribution in [3.63, 3.8) is 0 Å². The van der Waals surface area contributed by atoms with Gasteiger partial charge in [0.05, 0.1) is 16.7 Å². The second kappa shape index (κ2) is 5.46.